The van der Waals surface area contributed by atoms with Gasteiger partial charge < -0.3 is 9.47 Å². The molecule has 4 rings (SSSR count). The highest BCUT2D eigenvalue weighted by Crippen LogP contribution is 2.35. The Labute approximate surface area is 196 Å². The van der Waals surface area contributed by atoms with Crippen LogP contribution in [0.15, 0.2) is 77.8 Å². The largest absolute Gasteiger partial charge is 0.493 e. The van der Waals surface area contributed by atoms with Gasteiger partial charge in [-0.2, -0.15) is 0 Å². The Kier molecular flexibility index (Phi) is 6.56. The van der Waals surface area contributed by atoms with E-state index in [9.17, 15) is 0 Å². The Bertz CT molecular complexity index is 1260. The lowest BCUT2D eigenvalue weighted by Gasteiger charge is -2.14. The monoisotopic (exact) mass is 521 g/mol. The van der Waals surface area contributed by atoms with Crippen molar-refractivity contribution >= 4 is 45.3 Å². The number of hydrogen-bond donors (Lipinski definition) is 0. The maximum absolute atomic E-state index is 6.23. The van der Waals surface area contributed by atoms with E-state index in [0.717, 1.165) is 31.7 Å². The quantitative estimate of drug-likeness (QED) is 0.196. The van der Waals surface area contributed by atoms with Crippen LogP contribution < -0.4 is 9.47 Å². The molecule has 0 aliphatic carbocycles. The number of hydrogen-bond acceptors (Lipinski definition) is 3. The van der Waals surface area contributed by atoms with Gasteiger partial charge in [-0.3, -0.25) is 4.99 Å². The Morgan fingerprint density at radius 3 is 2.55 bits per heavy atom. The van der Waals surface area contributed by atoms with Gasteiger partial charge in [-0.25, -0.2) is 0 Å². The molecule has 0 aliphatic heterocycles. The highest BCUT2D eigenvalue weighted by molar-refractivity contribution is 14.1. The number of rotatable bonds is 6. The van der Waals surface area contributed by atoms with Crippen molar-refractivity contribution in [3.05, 3.63) is 98.6 Å². The first-order valence-electron chi connectivity index (χ1n) is 10.1. The molecule has 0 N–H and O–H groups in total. The van der Waals surface area contributed by atoms with Crippen LogP contribution in [0.5, 0.6) is 11.5 Å². The molecule has 0 saturated carbocycles. The highest BCUT2D eigenvalue weighted by Gasteiger charge is 2.12. The van der Waals surface area contributed by atoms with E-state index >= 15 is 0 Å². The van der Waals surface area contributed by atoms with E-state index in [4.69, 9.17) is 9.47 Å². The Morgan fingerprint density at radius 2 is 1.74 bits per heavy atom. The molecule has 4 heteroatoms. The summed E-state index contributed by atoms with van der Waals surface area (Å²) in [6.07, 6.45) is 1.87. The lowest BCUT2D eigenvalue weighted by molar-refractivity contribution is 0.283. The van der Waals surface area contributed by atoms with Crippen molar-refractivity contribution in [1.29, 1.82) is 0 Å². The third-order valence-electron chi connectivity index (χ3n) is 5.21. The molecule has 0 saturated heterocycles. The van der Waals surface area contributed by atoms with Gasteiger partial charge in [0.05, 0.1) is 16.4 Å². The maximum atomic E-state index is 6.23. The fourth-order valence-corrected chi connectivity index (χ4v) is 4.40. The summed E-state index contributed by atoms with van der Waals surface area (Å²) in [5.41, 5.74) is 5.49. The number of methoxy groups -OCH3 is 1. The van der Waals surface area contributed by atoms with Crippen LogP contribution in [0.2, 0.25) is 0 Å². The number of aryl methyl sites for hydroxylation is 2. The topological polar surface area (TPSA) is 30.8 Å². The van der Waals surface area contributed by atoms with Crippen LogP contribution in [0, 0.1) is 17.4 Å². The lowest BCUT2D eigenvalue weighted by atomic mass is 10.1. The Hall–Kier alpha value is -2.86. The van der Waals surface area contributed by atoms with Gasteiger partial charge >= 0.3 is 0 Å². The maximum Gasteiger partial charge on any atom is 0.174 e. The molecule has 0 bridgehead atoms. The van der Waals surface area contributed by atoms with E-state index in [1.807, 2.05) is 18.3 Å². The first kappa shape index (κ1) is 21.4. The van der Waals surface area contributed by atoms with Crippen molar-refractivity contribution in [2.75, 3.05) is 7.11 Å². The molecule has 3 nitrogen and oxygen atoms in total. The molecule has 4 aromatic rings. The van der Waals surface area contributed by atoms with Crippen molar-refractivity contribution in [1.82, 2.24) is 0 Å². The number of ether oxygens (including phenoxy) is 2. The number of nitrogens with zero attached hydrogens (tertiary/aromatic N) is 1. The van der Waals surface area contributed by atoms with Gasteiger partial charge in [-0.05, 0) is 82.1 Å². The van der Waals surface area contributed by atoms with E-state index in [1.54, 1.807) is 7.11 Å². The van der Waals surface area contributed by atoms with Crippen LogP contribution in [0.4, 0.5) is 5.69 Å². The minimum Gasteiger partial charge on any atom is -0.493 e. The van der Waals surface area contributed by atoms with E-state index in [2.05, 4.69) is 102 Å². The summed E-state index contributed by atoms with van der Waals surface area (Å²) in [4.78, 5) is 4.67. The van der Waals surface area contributed by atoms with Crippen molar-refractivity contribution in [2.45, 2.75) is 20.5 Å². The molecule has 0 fully saturated rings. The standard InChI is InChI=1S/C27H24INO2/c1-18-11-12-25(19(2)13-18)29-16-20-14-24(28)27(26(15-20)30-3)31-17-22-9-6-8-21-7-4-5-10-23(21)22/h4-16H,17H2,1-3H3. The fourth-order valence-electron chi connectivity index (χ4n) is 3.62. The smallest absolute Gasteiger partial charge is 0.174 e. The van der Waals surface area contributed by atoms with Gasteiger partial charge in [-0.15, -0.1) is 0 Å². The van der Waals surface area contributed by atoms with Gasteiger partial charge in [-0.1, -0.05) is 60.2 Å². The van der Waals surface area contributed by atoms with E-state index in [0.29, 0.717) is 12.4 Å². The first-order chi connectivity index (χ1) is 15.0. The van der Waals surface area contributed by atoms with Crippen molar-refractivity contribution in [2.24, 2.45) is 4.99 Å². The second-order valence-corrected chi connectivity index (χ2v) is 8.67. The van der Waals surface area contributed by atoms with Crippen molar-refractivity contribution in [3.8, 4) is 11.5 Å². The molecular weight excluding hydrogens is 497 g/mol. The van der Waals surface area contributed by atoms with Gasteiger partial charge in [0.2, 0.25) is 0 Å². The Balaban J connectivity index is 1.58. The molecule has 0 atom stereocenters. The van der Waals surface area contributed by atoms with Crippen LogP contribution in [0.25, 0.3) is 10.8 Å². The number of aliphatic imine (C=N–C) groups is 1. The minimum atomic E-state index is 0.476. The summed E-state index contributed by atoms with van der Waals surface area (Å²) in [5, 5.41) is 2.42. The van der Waals surface area contributed by atoms with Crippen LogP contribution in [0.3, 0.4) is 0 Å². The molecule has 156 valence electrons. The SMILES string of the molecule is COc1cc(C=Nc2ccc(C)cc2C)cc(I)c1OCc1cccc2ccccc12. The zero-order valence-electron chi connectivity index (χ0n) is 17.9. The zero-order valence-corrected chi connectivity index (χ0v) is 20.0. The second-order valence-electron chi connectivity index (χ2n) is 7.51. The summed E-state index contributed by atoms with van der Waals surface area (Å²) >= 11 is 2.29. The number of halogens is 1. The number of fused-ring (bicyclic) bond motifs is 1. The number of benzene rings is 4. The lowest BCUT2D eigenvalue weighted by Crippen LogP contribution is -2.01. The summed E-state index contributed by atoms with van der Waals surface area (Å²) in [6, 6.07) is 24.9. The molecule has 0 aliphatic rings. The molecule has 0 radical (unpaired) electrons. The molecule has 0 amide bonds. The summed E-state index contributed by atoms with van der Waals surface area (Å²) in [5.74, 6) is 1.45. The molecule has 0 spiro atoms. The average molecular weight is 521 g/mol. The third kappa shape index (κ3) is 4.90. The molecule has 31 heavy (non-hydrogen) atoms. The third-order valence-corrected chi connectivity index (χ3v) is 6.01. The van der Waals surface area contributed by atoms with Gasteiger partial charge in [0.25, 0.3) is 0 Å². The predicted molar refractivity (Wildman–Crippen MR) is 137 cm³/mol. The van der Waals surface area contributed by atoms with E-state index in [1.165, 1.54) is 16.3 Å². The van der Waals surface area contributed by atoms with Gasteiger partial charge in [0.1, 0.15) is 6.61 Å². The molecule has 0 unspecified atom stereocenters. The minimum absolute atomic E-state index is 0.476. The van der Waals surface area contributed by atoms with Crippen LogP contribution in [-0.4, -0.2) is 13.3 Å². The highest BCUT2D eigenvalue weighted by atomic mass is 127. The van der Waals surface area contributed by atoms with E-state index in [-0.39, 0.29) is 0 Å². The van der Waals surface area contributed by atoms with Crippen molar-refractivity contribution < 1.29 is 9.47 Å². The zero-order chi connectivity index (χ0) is 21.8. The average Bonchev–Trinajstić information content (AvgIpc) is 2.77. The van der Waals surface area contributed by atoms with Crippen molar-refractivity contribution in [3.63, 3.8) is 0 Å². The molecule has 4 aromatic carbocycles. The van der Waals surface area contributed by atoms with Crippen LogP contribution in [-0.2, 0) is 6.61 Å². The Morgan fingerprint density at radius 1 is 0.935 bits per heavy atom. The second kappa shape index (κ2) is 9.52. The van der Waals surface area contributed by atoms with Crippen LogP contribution >= 0.6 is 22.6 Å². The summed E-state index contributed by atoms with van der Waals surface area (Å²) < 4.78 is 12.9. The van der Waals surface area contributed by atoms with E-state index < -0.39 is 0 Å². The first-order valence-corrected chi connectivity index (χ1v) is 11.2. The molecule has 0 aromatic heterocycles. The summed E-state index contributed by atoms with van der Waals surface area (Å²) in [7, 11) is 1.67. The molecule has 0 heterocycles. The van der Waals surface area contributed by atoms with Gasteiger partial charge in [0, 0.05) is 6.21 Å². The normalized spacial score (nSPS) is 11.2. The molecular formula is C27H24INO2. The summed E-state index contributed by atoms with van der Waals surface area (Å²) in [6.45, 7) is 4.64. The van der Waals surface area contributed by atoms with Gasteiger partial charge in [0.15, 0.2) is 11.5 Å². The van der Waals surface area contributed by atoms with Crippen LogP contribution in [0.1, 0.15) is 22.3 Å². The fraction of sp³-hybridized carbons (Fsp3) is 0.148. The predicted octanol–water partition coefficient (Wildman–Crippen LogP) is 7.40.